The molecule has 0 amide bonds. The molecule has 1 rings (SSSR count). The molecule has 0 aromatic carbocycles. The molecule has 1 fully saturated rings. The highest BCUT2D eigenvalue weighted by Crippen LogP contribution is 2.30. The summed E-state index contributed by atoms with van der Waals surface area (Å²) in [7, 11) is 0. The topological polar surface area (TPSA) is 46.2 Å². The fourth-order valence-electron chi connectivity index (χ4n) is 2.05. The molecule has 1 unspecified atom stereocenters. The van der Waals surface area contributed by atoms with Crippen molar-refractivity contribution in [3.05, 3.63) is 0 Å². The van der Waals surface area contributed by atoms with Gasteiger partial charge in [-0.2, -0.15) is 0 Å². The first-order valence-corrected chi connectivity index (χ1v) is 5.10. The van der Waals surface area contributed by atoms with E-state index in [-0.39, 0.29) is 6.10 Å². The molecule has 2 nitrogen and oxygen atoms in total. The molecule has 0 radical (unpaired) electrons. The van der Waals surface area contributed by atoms with E-state index in [1.54, 1.807) is 0 Å². The summed E-state index contributed by atoms with van der Waals surface area (Å²) in [5.74, 6) is 1.64. The van der Waals surface area contributed by atoms with Crippen LogP contribution in [0.3, 0.4) is 0 Å². The Morgan fingerprint density at radius 3 is 2.42 bits per heavy atom. The minimum Gasteiger partial charge on any atom is -0.392 e. The van der Waals surface area contributed by atoms with E-state index in [4.69, 9.17) is 5.73 Å². The zero-order valence-electron chi connectivity index (χ0n) is 8.00. The number of nitrogens with two attached hydrogens (primary N) is 1. The van der Waals surface area contributed by atoms with Gasteiger partial charge in [0.25, 0.3) is 0 Å². The maximum absolute atomic E-state index is 9.35. The van der Waals surface area contributed by atoms with Crippen molar-refractivity contribution in [1.82, 2.24) is 0 Å². The van der Waals surface area contributed by atoms with Gasteiger partial charge in [-0.1, -0.05) is 32.6 Å². The highest BCUT2D eigenvalue weighted by Gasteiger charge is 2.19. The zero-order chi connectivity index (χ0) is 8.97. The zero-order valence-corrected chi connectivity index (χ0v) is 8.00. The Morgan fingerprint density at radius 1 is 1.33 bits per heavy atom. The van der Waals surface area contributed by atoms with E-state index in [1.165, 1.54) is 25.7 Å². The van der Waals surface area contributed by atoms with Gasteiger partial charge in [-0.05, 0) is 18.3 Å². The van der Waals surface area contributed by atoms with Gasteiger partial charge < -0.3 is 10.8 Å². The van der Waals surface area contributed by atoms with E-state index in [2.05, 4.69) is 6.92 Å². The van der Waals surface area contributed by atoms with Crippen LogP contribution in [-0.2, 0) is 0 Å². The van der Waals surface area contributed by atoms with Gasteiger partial charge in [-0.3, -0.25) is 0 Å². The summed E-state index contributed by atoms with van der Waals surface area (Å²) < 4.78 is 0. The van der Waals surface area contributed by atoms with Gasteiger partial charge in [-0.25, -0.2) is 0 Å². The lowest BCUT2D eigenvalue weighted by Gasteiger charge is -2.27. The van der Waals surface area contributed by atoms with E-state index < -0.39 is 0 Å². The van der Waals surface area contributed by atoms with Crippen LogP contribution in [0.4, 0.5) is 0 Å². The third kappa shape index (κ3) is 3.11. The Morgan fingerprint density at radius 2 is 1.92 bits per heavy atom. The van der Waals surface area contributed by atoms with Crippen LogP contribution in [0.5, 0.6) is 0 Å². The molecule has 0 aliphatic heterocycles. The second kappa shape index (κ2) is 4.83. The molecule has 0 bridgehead atoms. The quantitative estimate of drug-likeness (QED) is 0.676. The second-order valence-electron chi connectivity index (χ2n) is 4.25. The van der Waals surface area contributed by atoms with Gasteiger partial charge in [0.1, 0.15) is 0 Å². The van der Waals surface area contributed by atoms with Crippen LogP contribution >= 0.6 is 0 Å². The third-order valence-corrected chi connectivity index (χ3v) is 3.01. The fourth-order valence-corrected chi connectivity index (χ4v) is 2.05. The minimum absolute atomic E-state index is 0.261. The Balaban J connectivity index is 2.17. The molecule has 72 valence electrons. The van der Waals surface area contributed by atoms with Crippen molar-refractivity contribution < 1.29 is 5.11 Å². The summed E-state index contributed by atoms with van der Waals surface area (Å²) in [6, 6.07) is 0. The number of aliphatic hydroxyl groups is 1. The highest BCUT2D eigenvalue weighted by molar-refractivity contribution is 4.72. The van der Waals surface area contributed by atoms with Crippen LogP contribution in [0.15, 0.2) is 0 Å². The predicted octanol–water partition coefficient (Wildman–Crippen LogP) is 1.52. The maximum atomic E-state index is 9.35. The van der Waals surface area contributed by atoms with Crippen molar-refractivity contribution >= 4 is 0 Å². The van der Waals surface area contributed by atoms with Crippen LogP contribution in [0.25, 0.3) is 0 Å². The Bertz CT molecular complexity index is 119. The molecular weight excluding hydrogens is 150 g/mol. The first-order chi connectivity index (χ1) is 5.72. The van der Waals surface area contributed by atoms with Crippen molar-refractivity contribution in [2.45, 2.75) is 45.1 Å². The molecule has 1 atom stereocenters. The van der Waals surface area contributed by atoms with E-state index >= 15 is 0 Å². The predicted molar refractivity (Wildman–Crippen MR) is 50.8 cm³/mol. The monoisotopic (exact) mass is 171 g/mol. The lowest BCUT2D eigenvalue weighted by atomic mass is 9.80. The Hall–Kier alpha value is -0.0800. The van der Waals surface area contributed by atoms with E-state index in [9.17, 15) is 5.11 Å². The first kappa shape index (κ1) is 10.0. The molecule has 0 aromatic rings. The number of hydrogen-bond donors (Lipinski definition) is 2. The Labute approximate surface area is 75.2 Å². The molecule has 2 heteroatoms. The van der Waals surface area contributed by atoms with Crippen LogP contribution in [0, 0.1) is 11.8 Å². The molecule has 0 spiro atoms. The van der Waals surface area contributed by atoms with Crippen molar-refractivity contribution in [3.63, 3.8) is 0 Å². The van der Waals surface area contributed by atoms with Crippen LogP contribution < -0.4 is 5.73 Å². The average molecular weight is 171 g/mol. The van der Waals surface area contributed by atoms with Crippen molar-refractivity contribution in [1.29, 1.82) is 0 Å². The van der Waals surface area contributed by atoms with Gasteiger partial charge in [0, 0.05) is 6.54 Å². The SMILES string of the molecule is CC1CCC(CC(O)CN)CC1. The van der Waals surface area contributed by atoms with Crippen LogP contribution in [0.2, 0.25) is 0 Å². The van der Waals surface area contributed by atoms with E-state index in [1.807, 2.05) is 0 Å². The summed E-state index contributed by atoms with van der Waals surface area (Å²) >= 11 is 0. The molecule has 1 saturated carbocycles. The summed E-state index contributed by atoms with van der Waals surface area (Å²) in [4.78, 5) is 0. The first-order valence-electron chi connectivity index (χ1n) is 5.10. The van der Waals surface area contributed by atoms with Gasteiger partial charge in [-0.15, -0.1) is 0 Å². The van der Waals surface area contributed by atoms with Crippen molar-refractivity contribution in [2.75, 3.05) is 6.54 Å². The van der Waals surface area contributed by atoms with Crippen LogP contribution in [0.1, 0.15) is 39.0 Å². The molecule has 0 heterocycles. The Kier molecular flexibility index (Phi) is 4.02. The van der Waals surface area contributed by atoms with Gasteiger partial charge in [0.05, 0.1) is 6.10 Å². The summed E-state index contributed by atoms with van der Waals surface area (Å²) in [5.41, 5.74) is 5.37. The lowest BCUT2D eigenvalue weighted by Crippen LogP contribution is -2.24. The summed E-state index contributed by atoms with van der Waals surface area (Å²) in [6.45, 7) is 2.74. The van der Waals surface area contributed by atoms with Gasteiger partial charge in [0.2, 0.25) is 0 Å². The fraction of sp³-hybridized carbons (Fsp3) is 1.00. The smallest absolute Gasteiger partial charge is 0.0665 e. The van der Waals surface area contributed by atoms with Crippen LogP contribution in [-0.4, -0.2) is 17.8 Å². The standard InChI is InChI=1S/C10H21NO/c1-8-2-4-9(5-3-8)6-10(12)7-11/h8-10,12H,2-7,11H2,1H3. The largest absolute Gasteiger partial charge is 0.392 e. The maximum Gasteiger partial charge on any atom is 0.0665 e. The van der Waals surface area contributed by atoms with E-state index in [0.717, 1.165) is 18.3 Å². The molecular formula is C10H21NO. The molecule has 12 heavy (non-hydrogen) atoms. The highest BCUT2D eigenvalue weighted by atomic mass is 16.3. The van der Waals surface area contributed by atoms with Crippen molar-refractivity contribution in [2.24, 2.45) is 17.6 Å². The summed E-state index contributed by atoms with van der Waals surface area (Å²) in [5, 5.41) is 9.35. The van der Waals surface area contributed by atoms with Gasteiger partial charge in [0.15, 0.2) is 0 Å². The third-order valence-electron chi connectivity index (χ3n) is 3.01. The summed E-state index contributed by atoms with van der Waals surface area (Å²) in [6.07, 6.45) is 5.91. The number of rotatable bonds is 3. The van der Waals surface area contributed by atoms with Gasteiger partial charge >= 0.3 is 0 Å². The molecule has 1 aliphatic rings. The molecule has 0 aromatic heterocycles. The van der Waals surface area contributed by atoms with E-state index in [0.29, 0.717) is 6.54 Å². The minimum atomic E-state index is -0.261. The normalized spacial score (nSPS) is 33.2. The lowest BCUT2D eigenvalue weighted by molar-refractivity contribution is 0.130. The molecule has 0 saturated heterocycles. The second-order valence-corrected chi connectivity index (χ2v) is 4.25. The average Bonchev–Trinajstić information content (AvgIpc) is 2.09. The molecule has 1 aliphatic carbocycles. The van der Waals surface area contributed by atoms with Crippen molar-refractivity contribution in [3.8, 4) is 0 Å². The number of aliphatic hydroxyl groups excluding tert-OH is 1. The molecule has 3 N–H and O–H groups in total. The number of hydrogen-bond acceptors (Lipinski definition) is 2.